The van der Waals surface area contributed by atoms with Crippen molar-refractivity contribution in [2.75, 3.05) is 31.3 Å². The van der Waals surface area contributed by atoms with Crippen molar-refractivity contribution in [2.45, 2.75) is 25.2 Å². The fraction of sp³-hybridized carbons (Fsp3) is 0.286. The summed E-state index contributed by atoms with van der Waals surface area (Å²) in [6.45, 7) is -0.989. The largest absolute Gasteiger partial charge is 0.497 e. The van der Waals surface area contributed by atoms with Gasteiger partial charge in [-0.15, -0.1) is 0 Å². The Balaban J connectivity index is 2.08. The minimum absolute atomic E-state index is 0.0915. The van der Waals surface area contributed by atoms with Crippen molar-refractivity contribution in [1.29, 1.82) is 0 Å². The van der Waals surface area contributed by atoms with Crippen LogP contribution in [0.1, 0.15) is 16.7 Å². The smallest absolute Gasteiger partial charge is 0.417 e. The molecule has 3 rings (SSSR count). The van der Waals surface area contributed by atoms with E-state index in [2.05, 4.69) is 5.32 Å². The first-order valence-electron chi connectivity index (χ1n) is 12.3. The van der Waals surface area contributed by atoms with Crippen LogP contribution in [-0.4, -0.2) is 58.1 Å². The van der Waals surface area contributed by atoms with Crippen LogP contribution in [-0.2, 0) is 38.8 Å². The van der Waals surface area contributed by atoms with Crippen molar-refractivity contribution in [1.82, 2.24) is 10.2 Å². The van der Waals surface area contributed by atoms with Crippen LogP contribution in [0.4, 0.5) is 18.9 Å². The number of likely N-dealkylation sites (N-methyl/N-ethyl adjacent to an activating group) is 1. The zero-order valence-corrected chi connectivity index (χ0v) is 24.1. The number of amides is 2. The van der Waals surface area contributed by atoms with Crippen LogP contribution in [0.2, 0.25) is 5.02 Å². The molecule has 0 radical (unpaired) electrons. The van der Waals surface area contributed by atoms with Gasteiger partial charge in [0.15, 0.2) is 0 Å². The molecule has 1 atom stereocenters. The zero-order valence-electron chi connectivity index (χ0n) is 22.5. The SMILES string of the molecule is CNC(=O)[C@@H](Cc1ccccc1)N(Cc1cccc(OC)c1)C(=O)CN(c1ccc(Cl)c(C(F)(F)F)c1)S(C)(=O)=O. The molecule has 41 heavy (non-hydrogen) atoms. The molecule has 13 heteroatoms. The van der Waals surface area contributed by atoms with E-state index in [1.165, 1.54) is 19.1 Å². The molecule has 3 aromatic rings. The summed E-state index contributed by atoms with van der Waals surface area (Å²) < 4.78 is 72.0. The van der Waals surface area contributed by atoms with Crippen molar-refractivity contribution in [3.8, 4) is 5.75 Å². The van der Waals surface area contributed by atoms with Crippen molar-refractivity contribution in [3.05, 3.63) is 94.5 Å². The summed E-state index contributed by atoms with van der Waals surface area (Å²) >= 11 is 5.72. The molecule has 0 aliphatic heterocycles. The highest BCUT2D eigenvalue weighted by Gasteiger charge is 2.36. The molecule has 0 bridgehead atoms. The van der Waals surface area contributed by atoms with Gasteiger partial charge in [0.05, 0.1) is 29.6 Å². The second-order valence-corrected chi connectivity index (χ2v) is 11.4. The van der Waals surface area contributed by atoms with Crippen molar-refractivity contribution in [2.24, 2.45) is 0 Å². The molecule has 0 spiro atoms. The number of benzene rings is 3. The van der Waals surface area contributed by atoms with Gasteiger partial charge in [0.25, 0.3) is 0 Å². The molecule has 0 saturated carbocycles. The molecule has 0 aliphatic carbocycles. The second-order valence-electron chi connectivity index (χ2n) is 9.12. The average Bonchev–Trinajstić information content (AvgIpc) is 2.93. The van der Waals surface area contributed by atoms with Crippen LogP contribution in [0, 0.1) is 0 Å². The summed E-state index contributed by atoms with van der Waals surface area (Å²) in [4.78, 5) is 28.2. The van der Waals surface area contributed by atoms with Gasteiger partial charge in [-0.05, 0) is 41.5 Å². The number of sulfonamides is 1. The number of hydrogen-bond donors (Lipinski definition) is 1. The molecule has 1 N–H and O–H groups in total. The predicted molar refractivity (Wildman–Crippen MR) is 150 cm³/mol. The molecule has 220 valence electrons. The maximum Gasteiger partial charge on any atom is 0.417 e. The van der Waals surface area contributed by atoms with E-state index in [0.717, 1.165) is 24.0 Å². The number of carbonyl (C=O) groups is 2. The van der Waals surface area contributed by atoms with Crippen molar-refractivity contribution in [3.63, 3.8) is 0 Å². The monoisotopic (exact) mass is 611 g/mol. The van der Waals surface area contributed by atoms with Gasteiger partial charge in [0.1, 0.15) is 18.3 Å². The lowest BCUT2D eigenvalue weighted by Crippen LogP contribution is -2.52. The van der Waals surface area contributed by atoms with Crippen LogP contribution in [0.5, 0.6) is 5.75 Å². The standard InChI is InChI=1S/C28H29ClF3N3O5S/c1-33-27(37)25(15-19-8-5-4-6-9-19)34(17-20-10-7-11-22(14-20)40-2)26(36)18-35(41(3,38)39)21-12-13-24(29)23(16-21)28(30,31)32/h4-14,16,25H,15,17-18H2,1-3H3,(H,33,37)/t25-/m1/s1. The molecule has 0 fully saturated rings. The van der Waals surface area contributed by atoms with Crippen molar-refractivity contribution >= 4 is 39.1 Å². The summed E-state index contributed by atoms with van der Waals surface area (Å²) in [5.41, 5.74) is -0.342. The fourth-order valence-corrected chi connectivity index (χ4v) is 5.25. The topological polar surface area (TPSA) is 96.0 Å². The van der Waals surface area contributed by atoms with E-state index in [1.54, 1.807) is 54.6 Å². The Kier molecular flexibility index (Phi) is 10.3. The summed E-state index contributed by atoms with van der Waals surface area (Å²) in [5.74, 6) is -0.832. The molecule has 3 aromatic carbocycles. The van der Waals surface area contributed by atoms with Crippen molar-refractivity contribution < 1.29 is 35.9 Å². The van der Waals surface area contributed by atoms with Crippen LogP contribution in [0.15, 0.2) is 72.8 Å². The van der Waals surface area contributed by atoms with Gasteiger partial charge >= 0.3 is 6.18 Å². The van der Waals surface area contributed by atoms with E-state index in [9.17, 15) is 31.2 Å². The highest BCUT2D eigenvalue weighted by Crippen LogP contribution is 2.37. The molecule has 0 aliphatic rings. The van der Waals surface area contributed by atoms with E-state index in [-0.39, 0.29) is 13.0 Å². The second kappa shape index (κ2) is 13.3. The third-order valence-corrected chi connectivity index (χ3v) is 7.70. The minimum Gasteiger partial charge on any atom is -0.497 e. The summed E-state index contributed by atoms with van der Waals surface area (Å²) in [7, 11) is -1.39. The number of hydrogen-bond acceptors (Lipinski definition) is 5. The van der Waals surface area contributed by atoms with E-state index < -0.39 is 56.9 Å². The molecule has 0 aromatic heterocycles. The number of carbonyl (C=O) groups excluding carboxylic acids is 2. The first-order valence-corrected chi connectivity index (χ1v) is 14.5. The quantitative estimate of drug-likeness (QED) is 0.344. The fourth-order valence-electron chi connectivity index (χ4n) is 4.19. The van der Waals surface area contributed by atoms with Gasteiger partial charge in [-0.1, -0.05) is 54.1 Å². The Morgan fingerprint density at radius 2 is 1.66 bits per heavy atom. The Labute approximate surface area is 241 Å². The van der Waals surface area contributed by atoms with Gasteiger partial charge in [-0.25, -0.2) is 8.42 Å². The molecular weight excluding hydrogens is 583 g/mol. The third kappa shape index (κ3) is 8.37. The minimum atomic E-state index is -4.86. The Morgan fingerprint density at radius 1 is 1.00 bits per heavy atom. The van der Waals surface area contributed by atoms with Crippen LogP contribution in [0.3, 0.4) is 0 Å². The summed E-state index contributed by atoms with van der Waals surface area (Å²) in [6, 6.07) is 17.1. The van der Waals surface area contributed by atoms with Crippen LogP contribution < -0.4 is 14.4 Å². The third-order valence-electron chi connectivity index (χ3n) is 6.23. The highest BCUT2D eigenvalue weighted by atomic mass is 35.5. The van der Waals surface area contributed by atoms with Gasteiger partial charge in [0.2, 0.25) is 21.8 Å². The molecule has 0 saturated heterocycles. The number of halogens is 4. The number of nitrogens with one attached hydrogen (secondary N) is 1. The lowest BCUT2D eigenvalue weighted by atomic mass is 10.0. The van der Waals surface area contributed by atoms with Crippen LogP contribution in [0.25, 0.3) is 0 Å². The molecule has 0 unspecified atom stereocenters. The highest BCUT2D eigenvalue weighted by molar-refractivity contribution is 7.92. The van der Waals surface area contributed by atoms with E-state index in [4.69, 9.17) is 16.3 Å². The number of rotatable bonds is 11. The Bertz CT molecular complexity index is 1490. The average molecular weight is 612 g/mol. The predicted octanol–water partition coefficient (Wildman–Crippen LogP) is 4.52. The number of ether oxygens (including phenoxy) is 1. The molecule has 0 heterocycles. The first-order chi connectivity index (χ1) is 19.2. The van der Waals surface area contributed by atoms with E-state index >= 15 is 0 Å². The summed E-state index contributed by atoms with van der Waals surface area (Å²) in [5, 5.41) is 1.92. The first kappa shape index (κ1) is 31.8. The number of anilines is 1. The maximum atomic E-state index is 13.9. The van der Waals surface area contributed by atoms with E-state index in [1.807, 2.05) is 0 Å². The van der Waals surface area contributed by atoms with Gasteiger partial charge in [-0.2, -0.15) is 13.2 Å². The van der Waals surface area contributed by atoms with Gasteiger partial charge < -0.3 is 15.0 Å². The lowest BCUT2D eigenvalue weighted by molar-refractivity contribution is -0.139. The number of methoxy groups -OCH3 is 1. The maximum absolute atomic E-state index is 13.9. The normalized spacial score (nSPS) is 12.4. The van der Waals surface area contributed by atoms with E-state index in [0.29, 0.717) is 21.7 Å². The molecular formula is C28H29ClF3N3O5S. The van der Waals surface area contributed by atoms with Gasteiger partial charge in [0, 0.05) is 20.0 Å². The van der Waals surface area contributed by atoms with Crippen LogP contribution >= 0.6 is 11.6 Å². The lowest BCUT2D eigenvalue weighted by Gasteiger charge is -2.33. The number of nitrogens with zero attached hydrogens (tertiary/aromatic N) is 2. The molecule has 8 nitrogen and oxygen atoms in total. The molecule has 2 amide bonds. The van der Waals surface area contributed by atoms with Gasteiger partial charge in [-0.3, -0.25) is 13.9 Å². The Hall–Kier alpha value is -3.77. The number of alkyl halides is 3. The summed E-state index contributed by atoms with van der Waals surface area (Å²) in [6.07, 6.45) is -4.00. The zero-order chi connectivity index (χ0) is 30.4. The Morgan fingerprint density at radius 3 is 2.24 bits per heavy atom.